The van der Waals surface area contributed by atoms with Gasteiger partial charge in [0.2, 0.25) is 5.75 Å². The first kappa shape index (κ1) is 19.4. The van der Waals surface area contributed by atoms with Gasteiger partial charge in [-0.1, -0.05) is 17.3 Å². The van der Waals surface area contributed by atoms with Crippen LogP contribution in [0.3, 0.4) is 0 Å². The number of nitrogens with zero attached hydrogens (tertiary/aromatic N) is 4. The SMILES string of the molecule is COc1cc(-c2nc(Cn3c(C)nc4ccccc4c3=O)no2)cc(OC)c1OC. The second kappa shape index (κ2) is 7.86. The summed E-state index contributed by atoms with van der Waals surface area (Å²) in [5.74, 6) is 2.59. The van der Waals surface area contributed by atoms with Crippen LogP contribution in [0, 0.1) is 6.92 Å². The third kappa shape index (κ3) is 3.34. The van der Waals surface area contributed by atoms with Crippen LogP contribution in [0.2, 0.25) is 0 Å². The molecule has 0 aliphatic rings. The van der Waals surface area contributed by atoms with Gasteiger partial charge in [-0.3, -0.25) is 9.36 Å². The zero-order valence-electron chi connectivity index (χ0n) is 17.0. The third-order valence-electron chi connectivity index (χ3n) is 4.73. The molecule has 0 aliphatic carbocycles. The van der Waals surface area contributed by atoms with Gasteiger partial charge in [0.1, 0.15) is 5.82 Å². The number of para-hydroxylation sites is 1. The molecule has 9 nitrogen and oxygen atoms in total. The van der Waals surface area contributed by atoms with E-state index in [0.29, 0.717) is 45.4 Å². The molecule has 154 valence electrons. The molecule has 2 heterocycles. The van der Waals surface area contributed by atoms with Crippen molar-refractivity contribution < 1.29 is 18.7 Å². The molecular formula is C21H20N4O5. The van der Waals surface area contributed by atoms with Gasteiger partial charge in [-0.05, 0) is 31.2 Å². The lowest BCUT2D eigenvalue weighted by Gasteiger charge is -2.12. The van der Waals surface area contributed by atoms with Gasteiger partial charge >= 0.3 is 0 Å². The van der Waals surface area contributed by atoms with E-state index in [1.807, 2.05) is 18.2 Å². The van der Waals surface area contributed by atoms with Crippen LogP contribution in [0.4, 0.5) is 0 Å². The number of methoxy groups -OCH3 is 3. The lowest BCUT2D eigenvalue weighted by molar-refractivity contribution is 0.324. The van der Waals surface area contributed by atoms with E-state index < -0.39 is 0 Å². The Morgan fingerprint density at radius 3 is 2.37 bits per heavy atom. The molecule has 0 atom stereocenters. The van der Waals surface area contributed by atoms with Crippen molar-refractivity contribution in [1.82, 2.24) is 19.7 Å². The van der Waals surface area contributed by atoms with Crippen LogP contribution < -0.4 is 19.8 Å². The first-order valence-electron chi connectivity index (χ1n) is 9.15. The number of rotatable bonds is 6. The van der Waals surface area contributed by atoms with Crippen LogP contribution in [0.1, 0.15) is 11.6 Å². The Hall–Kier alpha value is -3.88. The summed E-state index contributed by atoms with van der Waals surface area (Å²) in [5, 5.41) is 4.56. The molecule has 0 bridgehead atoms. The van der Waals surface area contributed by atoms with E-state index in [1.54, 1.807) is 25.1 Å². The van der Waals surface area contributed by atoms with Crippen molar-refractivity contribution in [2.45, 2.75) is 13.5 Å². The van der Waals surface area contributed by atoms with Crippen molar-refractivity contribution in [2.75, 3.05) is 21.3 Å². The predicted molar refractivity (Wildman–Crippen MR) is 109 cm³/mol. The normalized spacial score (nSPS) is 10.9. The summed E-state index contributed by atoms with van der Waals surface area (Å²) in [5.41, 5.74) is 1.10. The highest BCUT2D eigenvalue weighted by atomic mass is 16.5. The molecule has 30 heavy (non-hydrogen) atoms. The molecule has 0 saturated carbocycles. The average molecular weight is 408 g/mol. The highest BCUT2D eigenvalue weighted by Gasteiger charge is 2.18. The van der Waals surface area contributed by atoms with Gasteiger partial charge in [0.25, 0.3) is 11.4 Å². The fourth-order valence-electron chi connectivity index (χ4n) is 3.25. The number of ether oxygens (including phenoxy) is 3. The van der Waals surface area contributed by atoms with E-state index in [4.69, 9.17) is 18.7 Å². The standard InChI is InChI=1S/C21H20N4O5/c1-12-22-15-8-6-5-7-14(15)21(26)25(12)11-18-23-20(30-24-18)13-9-16(27-2)19(29-4)17(10-13)28-3/h5-10H,11H2,1-4H3. The minimum atomic E-state index is -0.155. The summed E-state index contributed by atoms with van der Waals surface area (Å²) in [6, 6.07) is 10.6. The molecular weight excluding hydrogens is 388 g/mol. The Balaban J connectivity index is 1.71. The van der Waals surface area contributed by atoms with Gasteiger partial charge in [-0.2, -0.15) is 4.98 Å². The average Bonchev–Trinajstić information content (AvgIpc) is 3.24. The maximum Gasteiger partial charge on any atom is 0.261 e. The van der Waals surface area contributed by atoms with Gasteiger partial charge in [-0.15, -0.1) is 0 Å². The second-order valence-electron chi connectivity index (χ2n) is 6.50. The highest BCUT2D eigenvalue weighted by molar-refractivity contribution is 5.77. The molecule has 4 rings (SSSR count). The largest absolute Gasteiger partial charge is 0.493 e. The van der Waals surface area contributed by atoms with Gasteiger partial charge in [0.05, 0.1) is 38.8 Å². The van der Waals surface area contributed by atoms with Gasteiger partial charge in [-0.25, -0.2) is 4.98 Å². The van der Waals surface area contributed by atoms with Crippen molar-refractivity contribution >= 4 is 10.9 Å². The highest BCUT2D eigenvalue weighted by Crippen LogP contribution is 2.40. The van der Waals surface area contributed by atoms with Crippen LogP contribution in [0.5, 0.6) is 17.2 Å². The molecule has 2 aromatic heterocycles. The van der Waals surface area contributed by atoms with E-state index in [-0.39, 0.29) is 18.0 Å². The molecule has 9 heteroatoms. The summed E-state index contributed by atoms with van der Waals surface area (Å²) in [7, 11) is 4.59. The maximum absolute atomic E-state index is 12.9. The smallest absolute Gasteiger partial charge is 0.261 e. The topological polar surface area (TPSA) is 102 Å². The van der Waals surface area contributed by atoms with Crippen molar-refractivity contribution in [3.8, 4) is 28.7 Å². The first-order chi connectivity index (χ1) is 14.5. The van der Waals surface area contributed by atoms with Gasteiger partial charge < -0.3 is 18.7 Å². The minimum Gasteiger partial charge on any atom is -0.493 e. The van der Waals surface area contributed by atoms with E-state index in [1.165, 1.54) is 25.9 Å². The number of hydrogen-bond acceptors (Lipinski definition) is 8. The zero-order valence-corrected chi connectivity index (χ0v) is 17.0. The van der Waals surface area contributed by atoms with Gasteiger partial charge in [0.15, 0.2) is 17.3 Å². The quantitative estimate of drug-likeness (QED) is 0.480. The first-order valence-corrected chi connectivity index (χ1v) is 9.15. The van der Waals surface area contributed by atoms with Crippen LogP contribution in [-0.4, -0.2) is 41.0 Å². The van der Waals surface area contributed by atoms with E-state index in [2.05, 4.69) is 15.1 Å². The van der Waals surface area contributed by atoms with Gasteiger partial charge in [0, 0.05) is 5.56 Å². The molecule has 0 unspecified atom stereocenters. The summed E-state index contributed by atoms with van der Waals surface area (Å²) >= 11 is 0. The van der Waals surface area contributed by atoms with Crippen LogP contribution >= 0.6 is 0 Å². The Bertz CT molecular complexity index is 1250. The fourth-order valence-corrected chi connectivity index (χ4v) is 3.25. The third-order valence-corrected chi connectivity index (χ3v) is 4.73. The monoisotopic (exact) mass is 408 g/mol. The van der Waals surface area contributed by atoms with Crippen molar-refractivity contribution in [2.24, 2.45) is 0 Å². The van der Waals surface area contributed by atoms with E-state index in [9.17, 15) is 4.79 Å². The van der Waals surface area contributed by atoms with Crippen molar-refractivity contribution in [3.05, 3.63) is 58.4 Å². The number of aryl methyl sites for hydroxylation is 1. The Labute approximate surface area is 171 Å². The molecule has 4 aromatic rings. The number of hydrogen-bond donors (Lipinski definition) is 0. The molecule has 0 fully saturated rings. The summed E-state index contributed by atoms with van der Waals surface area (Å²) in [4.78, 5) is 21.8. The fraction of sp³-hybridized carbons (Fsp3) is 0.238. The summed E-state index contributed by atoms with van der Waals surface area (Å²) < 4.78 is 23.0. The molecule has 0 radical (unpaired) electrons. The molecule has 0 aliphatic heterocycles. The molecule has 0 amide bonds. The van der Waals surface area contributed by atoms with E-state index in [0.717, 1.165) is 0 Å². The van der Waals surface area contributed by atoms with Crippen molar-refractivity contribution in [1.29, 1.82) is 0 Å². The van der Waals surface area contributed by atoms with Crippen LogP contribution in [0.15, 0.2) is 45.7 Å². The lowest BCUT2D eigenvalue weighted by atomic mass is 10.2. The zero-order chi connectivity index (χ0) is 21.3. The number of benzene rings is 2. The van der Waals surface area contributed by atoms with Crippen LogP contribution in [0.25, 0.3) is 22.4 Å². The molecule has 2 aromatic carbocycles. The second-order valence-corrected chi connectivity index (χ2v) is 6.50. The Morgan fingerprint density at radius 2 is 1.70 bits per heavy atom. The predicted octanol–water partition coefficient (Wildman–Crippen LogP) is 2.83. The summed E-state index contributed by atoms with van der Waals surface area (Å²) in [6.07, 6.45) is 0. The molecule has 0 spiro atoms. The molecule has 0 saturated heterocycles. The minimum absolute atomic E-state index is 0.135. The van der Waals surface area contributed by atoms with Crippen molar-refractivity contribution in [3.63, 3.8) is 0 Å². The molecule has 0 N–H and O–H groups in total. The summed E-state index contributed by atoms with van der Waals surface area (Å²) in [6.45, 7) is 1.91. The Morgan fingerprint density at radius 1 is 1.00 bits per heavy atom. The number of aromatic nitrogens is 4. The van der Waals surface area contributed by atoms with Crippen LogP contribution in [-0.2, 0) is 6.54 Å². The Kier molecular flexibility index (Phi) is 5.09. The lowest BCUT2D eigenvalue weighted by Crippen LogP contribution is -2.24. The number of fused-ring (bicyclic) bond motifs is 1. The maximum atomic E-state index is 12.9. The van der Waals surface area contributed by atoms with E-state index >= 15 is 0 Å².